The SMILES string of the molecule is O=C(/C=C/c1cccc(F)c1)NCC1Cc2cccc(-c3ccncc3)c2O1. The molecule has 140 valence electrons. The molecule has 1 amide bonds. The van der Waals surface area contributed by atoms with Crippen LogP contribution in [0.15, 0.2) is 73.1 Å². The molecule has 0 bridgehead atoms. The van der Waals surface area contributed by atoms with Gasteiger partial charge in [-0.15, -0.1) is 0 Å². The summed E-state index contributed by atoms with van der Waals surface area (Å²) in [4.78, 5) is 16.1. The number of carbonyl (C=O) groups is 1. The number of nitrogens with one attached hydrogen (secondary N) is 1. The number of para-hydroxylation sites is 1. The van der Waals surface area contributed by atoms with Gasteiger partial charge in [-0.05, 0) is 47.0 Å². The first kappa shape index (κ1) is 17.9. The van der Waals surface area contributed by atoms with Gasteiger partial charge in [0.2, 0.25) is 5.91 Å². The van der Waals surface area contributed by atoms with Crippen molar-refractivity contribution in [2.24, 2.45) is 0 Å². The second-order valence-corrected chi connectivity index (χ2v) is 6.61. The Kier molecular flexibility index (Phi) is 5.15. The molecule has 2 heterocycles. The number of aromatic nitrogens is 1. The van der Waals surface area contributed by atoms with E-state index in [-0.39, 0.29) is 17.8 Å². The summed E-state index contributed by atoms with van der Waals surface area (Å²) in [7, 11) is 0. The molecule has 4 rings (SSSR count). The molecule has 5 heteroatoms. The van der Waals surface area contributed by atoms with Gasteiger partial charge in [-0.2, -0.15) is 0 Å². The zero-order valence-corrected chi connectivity index (χ0v) is 15.1. The number of benzene rings is 2. The summed E-state index contributed by atoms with van der Waals surface area (Å²) in [5, 5.41) is 2.85. The summed E-state index contributed by atoms with van der Waals surface area (Å²) in [6, 6.07) is 16.1. The van der Waals surface area contributed by atoms with E-state index in [9.17, 15) is 9.18 Å². The van der Waals surface area contributed by atoms with E-state index in [0.29, 0.717) is 12.1 Å². The van der Waals surface area contributed by atoms with Crippen LogP contribution in [0, 0.1) is 5.82 Å². The average Bonchev–Trinajstić information content (AvgIpc) is 3.14. The molecule has 0 spiro atoms. The normalized spacial score (nSPS) is 15.2. The third-order valence-electron chi connectivity index (χ3n) is 4.60. The third kappa shape index (κ3) is 4.09. The maximum absolute atomic E-state index is 13.2. The molecule has 1 aromatic heterocycles. The van der Waals surface area contributed by atoms with Gasteiger partial charge in [-0.3, -0.25) is 9.78 Å². The second-order valence-electron chi connectivity index (χ2n) is 6.61. The van der Waals surface area contributed by atoms with Gasteiger partial charge in [0.15, 0.2) is 0 Å². The van der Waals surface area contributed by atoms with Crippen molar-refractivity contribution in [3.8, 4) is 16.9 Å². The summed E-state index contributed by atoms with van der Waals surface area (Å²) in [6.45, 7) is 0.400. The summed E-state index contributed by atoms with van der Waals surface area (Å²) in [5.41, 5.74) is 3.85. The van der Waals surface area contributed by atoms with Gasteiger partial charge in [0.1, 0.15) is 17.7 Å². The summed E-state index contributed by atoms with van der Waals surface area (Å²) >= 11 is 0. The maximum atomic E-state index is 13.2. The van der Waals surface area contributed by atoms with Crippen LogP contribution in [0.2, 0.25) is 0 Å². The van der Waals surface area contributed by atoms with Crippen LogP contribution >= 0.6 is 0 Å². The van der Waals surface area contributed by atoms with Crippen molar-refractivity contribution < 1.29 is 13.9 Å². The van der Waals surface area contributed by atoms with Crippen molar-refractivity contribution in [2.45, 2.75) is 12.5 Å². The molecule has 2 aromatic carbocycles. The minimum absolute atomic E-state index is 0.121. The minimum atomic E-state index is -0.329. The van der Waals surface area contributed by atoms with Gasteiger partial charge in [-0.25, -0.2) is 4.39 Å². The molecule has 1 unspecified atom stereocenters. The molecule has 1 aliphatic rings. The highest BCUT2D eigenvalue weighted by atomic mass is 19.1. The smallest absolute Gasteiger partial charge is 0.244 e. The topological polar surface area (TPSA) is 51.2 Å². The highest BCUT2D eigenvalue weighted by molar-refractivity contribution is 5.91. The Bertz CT molecular complexity index is 1020. The van der Waals surface area contributed by atoms with E-state index in [0.717, 1.165) is 28.9 Å². The highest BCUT2D eigenvalue weighted by Gasteiger charge is 2.25. The molecule has 0 fully saturated rings. The van der Waals surface area contributed by atoms with Crippen molar-refractivity contribution >= 4 is 12.0 Å². The largest absolute Gasteiger partial charge is 0.487 e. The first-order valence-corrected chi connectivity index (χ1v) is 9.09. The Hall–Kier alpha value is -3.47. The van der Waals surface area contributed by atoms with E-state index in [1.54, 1.807) is 30.6 Å². The number of fused-ring (bicyclic) bond motifs is 1. The highest BCUT2D eigenvalue weighted by Crippen LogP contribution is 2.38. The fourth-order valence-electron chi connectivity index (χ4n) is 3.27. The van der Waals surface area contributed by atoms with Crippen LogP contribution in [0.25, 0.3) is 17.2 Å². The molecular formula is C23H19FN2O2. The van der Waals surface area contributed by atoms with Crippen LogP contribution in [-0.4, -0.2) is 23.5 Å². The van der Waals surface area contributed by atoms with Gasteiger partial charge in [0.05, 0.1) is 6.54 Å². The molecule has 1 aliphatic heterocycles. The molecule has 0 saturated heterocycles. The molecule has 4 nitrogen and oxygen atoms in total. The van der Waals surface area contributed by atoms with Gasteiger partial charge < -0.3 is 10.1 Å². The number of hydrogen-bond acceptors (Lipinski definition) is 3. The number of halogens is 1. The molecule has 0 radical (unpaired) electrons. The fraction of sp³-hybridized carbons (Fsp3) is 0.130. The van der Waals surface area contributed by atoms with Gasteiger partial charge in [-0.1, -0.05) is 30.3 Å². The van der Waals surface area contributed by atoms with Crippen molar-refractivity contribution in [1.82, 2.24) is 10.3 Å². The molecule has 0 saturated carbocycles. The lowest BCUT2D eigenvalue weighted by Crippen LogP contribution is -2.33. The maximum Gasteiger partial charge on any atom is 0.244 e. The van der Waals surface area contributed by atoms with Crippen molar-refractivity contribution in [2.75, 3.05) is 6.54 Å². The predicted octanol–water partition coefficient (Wildman–Crippen LogP) is 4.02. The van der Waals surface area contributed by atoms with Crippen LogP contribution < -0.4 is 10.1 Å². The molecule has 1 atom stereocenters. The van der Waals surface area contributed by atoms with Crippen LogP contribution in [0.1, 0.15) is 11.1 Å². The Morgan fingerprint density at radius 2 is 2.00 bits per heavy atom. The quantitative estimate of drug-likeness (QED) is 0.686. The molecule has 0 aliphatic carbocycles. The predicted molar refractivity (Wildman–Crippen MR) is 106 cm³/mol. The minimum Gasteiger partial charge on any atom is -0.487 e. The van der Waals surface area contributed by atoms with Crippen LogP contribution in [0.5, 0.6) is 5.75 Å². The van der Waals surface area contributed by atoms with Gasteiger partial charge in [0.25, 0.3) is 0 Å². The Morgan fingerprint density at radius 3 is 2.82 bits per heavy atom. The molecule has 3 aromatic rings. The van der Waals surface area contributed by atoms with Crippen LogP contribution in [0.4, 0.5) is 4.39 Å². The van der Waals surface area contributed by atoms with Crippen molar-refractivity contribution in [3.63, 3.8) is 0 Å². The number of pyridine rings is 1. The van der Waals surface area contributed by atoms with E-state index in [2.05, 4.69) is 10.3 Å². The summed E-state index contributed by atoms with van der Waals surface area (Å²) in [5.74, 6) is 0.297. The van der Waals surface area contributed by atoms with Crippen molar-refractivity contribution in [1.29, 1.82) is 0 Å². The number of carbonyl (C=O) groups excluding carboxylic acids is 1. The average molecular weight is 374 g/mol. The molecule has 1 N–H and O–H groups in total. The summed E-state index contributed by atoms with van der Waals surface area (Å²) < 4.78 is 19.3. The van der Waals surface area contributed by atoms with E-state index in [1.165, 1.54) is 18.2 Å². The lowest BCUT2D eigenvalue weighted by atomic mass is 10.0. The zero-order chi connectivity index (χ0) is 19.3. The lowest BCUT2D eigenvalue weighted by Gasteiger charge is -2.13. The first-order valence-electron chi connectivity index (χ1n) is 9.09. The number of nitrogens with zero attached hydrogens (tertiary/aromatic N) is 1. The Balaban J connectivity index is 1.37. The van der Waals surface area contributed by atoms with Crippen molar-refractivity contribution in [3.05, 3.63) is 90.0 Å². The summed E-state index contributed by atoms with van der Waals surface area (Å²) in [6.07, 6.45) is 7.12. The second kappa shape index (κ2) is 8.05. The number of amides is 1. The molecule has 28 heavy (non-hydrogen) atoms. The Morgan fingerprint density at radius 1 is 1.18 bits per heavy atom. The van der Waals surface area contributed by atoms with Crippen LogP contribution in [-0.2, 0) is 11.2 Å². The zero-order valence-electron chi connectivity index (χ0n) is 15.1. The van der Waals surface area contributed by atoms with Gasteiger partial charge >= 0.3 is 0 Å². The van der Waals surface area contributed by atoms with Crippen LogP contribution in [0.3, 0.4) is 0 Å². The lowest BCUT2D eigenvalue weighted by molar-refractivity contribution is -0.116. The van der Waals surface area contributed by atoms with E-state index in [4.69, 9.17) is 4.74 Å². The third-order valence-corrected chi connectivity index (χ3v) is 4.60. The number of rotatable bonds is 5. The van der Waals surface area contributed by atoms with E-state index < -0.39 is 0 Å². The number of hydrogen-bond donors (Lipinski definition) is 1. The monoisotopic (exact) mass is 374 g/mol. The first-order chi connectivity index (χ1) is 13.7. The van der Waals surface area contributed by atoms with E-state index in [1.807, 2.05) is 30.3 Å². The Labute approximate surface area is 162 Å². The van der Waals surface area contributed by atoms with Gasteiger partial charge in [0, 0.05) is 30.5 Å². The molecular weight excluding hydrogens is 355 g/mol. The fourth-order valence-corrected chi connectivity index (χ4v) is 3.27. The van der Waals surface area contributed by atoms with E-state index >= 15 is 0 Å². The number of ether oxygens (including phenoxy) is 1. The standard InChI is InChI=1S/C23H19FN2O2/c24-19-5-1-3-16(13-19)7-8-22(27)26-15-20-14-18-4-2-6-21(23(18)28-20)17-9-11-25-12-10-17/h1-13,20H,14-15H2,(H,26,27)/b8-7+.